The summed E-state index contributed by atoms with van der Waals surface area (Å²) >= 11 is 0. The number of hydrogen-bond acceptors (Lipinski definition) is 6. The van der Waals surface area contributed by atoms with Gasteiger partial charge in [-0.25, -0.2) is 17.2 Å². The molecule has 0 spiro atoms. The molecule has 1 heterocycles. The van der Waals surface area contributed by atoms with E-state index in [1.165, 1.54) is 65.8 Å². The largest absolute Gasteiger partial charge is 0.480 e. The van der Waals surface area contributed by atoms with Crippen molar-refractivity contribution >= 4 is 34.2 Å². The average molecular weight is 567 g/mol. The van der Waals surface area contributed by atoms with Gasteiger partial charge < -0.3 is 15.6 Å². The van der Waals surface area contributed by atoms with Crippen molar-refractivity contribution in [3.63, 3.8) is 0 Å². The number of aliphatic carboxylic acids is 1. The molecule has 1 saturated heterocycles. The molecule has 12 heteroatoms. The SMILES string of the molecule is CC(=O)c1cc(OC2(c3ccc(F)cc3)CN(S(=O)(=O)c3cccc(CC(N)C(=O)O)c3)C2)ccc1F.Cl. The molecule has 1 aliphatic rings. The lowest BCUT2D eigenvalue weighted by Crippen LogP contribution is -2.64. The van der Waals surface area contributed by atoms with E-state index in [9.17, 15) is 26.8 Å². The summed E-state index contributed by atoms with van der Waals surface area (Å²) in [5, 5.41) is 9.05. The van der Waals surface area contributed by atoms with E-state index in [0.717, 1.165) is 6.07 Å². The maximum absolute atomic E-state index is 14.0. The van der Waals surface area contributed by atoms with Crippen molar-refractivity contribution < 1.29 is 36.6 Å². The number of benzene rings is 3. The number of ketones is 1. The fraction of sp³-hybridized carbons (Fsp3) is 0.231. The van der Waals surface area contributed by atoms with Gasteiger partial charge in [0.2, 0.25) is 10.0 Å². The highest BCUT2D eigenvalue weighted by Crippen LogP contribution is 2.40. The zero-order chi connectivity index (χ0) is 27.0. The van der Waals surface area contributed by atoms with Gasteiger partial charge in [-0.1, -0.05) is 24.3 Å². The van der Waals surface area contributed by atoms with Crippen LogP contribution in [-0.4, -0.2) is 48.7 Å². The Kier molecular flexibility index (Phi) is 8.57. The van der Waals surface area contributed by atoms with Gasteiger partial charge >= 0.3 is 5.97 Å². The molecule has 3 N–H and O–H groups in total. The predicted molar refractivity (Wildman–Crippen MR) is 137 cm³/mol. The molecule has 38 heavy (non-hydrogen) atoms. The summed E-state index contributed by atoms with van der Waals surface area (Å²) < 4.78 is 61.7. The lowest BCUT2D eigenvalue weighted by atomic mass is 9.87. The molecular formula is C26H25ClF2N2O6S. The van der Waals surface area contributed by atoms with Crippen molar-refractivity contribution in [3.8, 4) is 5.75 Å². The van der Waals surface area contributed by atoms with Crippen LogP contribution in [0, 0.1) is 11.6 Å². The molecule has 0 aromatic heterocycles. The van der Waals surface area contributed by atoms with Crippen LogP contribution in [0.4, 0.5) is 8.78 Å². The first-order valence-corrected chi connectivity index (χ1v) is 12.7. The second kappa shape index (κ2) is 11.2. The van der Waals surface area contributed by atoms with E-state index in [-0.39, 0.29) is 48.1 Å². The van der Waals surface area contributed by atoms with Crippen LogP contribution in [0.5, 0.6) is 5.75 Å². The Morgan fingerprint density at radius 3 is 2.34 bits per heavy atom. The van der Waals surface area contributed by atoms with Gasteiger partial charge in [0.1, 0.15) is 23.4 Å². The molecule has 3 aromatic rings. The van der Waals surface area contributed by atoms with E-state index in [0.29, 0.717) is 11.1 Å². The fourth-order valence-corrected chi connectivity index (χ4v) is 5.75. The molecule has 0 bridgehead atoms. The highest BCUT2D eigenvalue weighted by atomic mass is 35.5. The third kappa shape index (κ3) is 5.86. The number of Topliss-reactive ketones (excluding diaryl/α,β-unsaturated/α-hetero) is 1. The van der Waals surface area contributed by atoms with Crippen LogP contribution >= 0.6 is 12.4 Å². The summed E-state index contributed by atoms with van der Waals surface area (Å²) in [6.07, 6.45) is -0.0512. The van der Waals surface area contributed by atoms with E-state index < -0.39 is 45.1 Å². The van der Waals surface area contributed by atoms with Gasteiger partial charge in [-0.05, 0) is 66.9 Å². The van der Waals surface area contributed by atoms with Crippen molar-refractivity contribution in [2.24, 2.45) is 5.73 Å². The van der Waals surface area contributed by atoms with Crippen molar-refractivity contribution in [2.75, 3.05) is 13.1 Å². The van der Waals surface area contributed by atoms with Gasteiger partial charge in [0.15, 0.2) is 11.4 Å². The normalized spacial score (nSPS) is 15.6. The van der Waals surface area contributed by atoms with Crippen molar-refractivity contribution in [2.45, 2.75) is 29.9 Å². The van der Waals surface area contributed by atoms with Crippen LogP contribution in [0.25, 0.3) is 0 Å². The molecule has 3 aromatic carbocycles. The van der Waals surface area contributed by atoms with Crippen LogP contribution in [0.15, 0.2) is 71.6 Å². The second-order valence-corrected chi connectivity index (χ2v) is 10.8. The standard InChI is InChI=1S/C26H24F2N2O6S.ClH/c1-16(31)22-13-20(9-10-23(22)28)36-26(18-5-7-19(27)8-6-18)14-30(15-26)37(34,35)21-4-2-3-17(11-21)12-24(29)25(32)33;/h2-11,13,24H,12,14-15,29H2,1H3,(H,32,33);1H. The van der Waals surface area contributed by atoms with Gasteiger partial charge in [0, 0.05) is 0 Å². The summed E-state index contributed by atoms with van der Waals surface area (Å²) in [5.74, 6) is -2.75. The number of hydrogen-bond donors (Lipinski definition) is 2. The summed E-state index contributed by atoms with van der Waals surface area (Å²) in [6, 6.07) is 13.7. The highest BCUT2D eigenvalue weighted by molar-refractivity contribution is 7.89. The molecule has 0 amide bonds. The van der Waals surface area contributed by atoms with E-state index in [1.54, 1.807) is 6.07 Å². The molecule has 202 valence electrons. The number of nitrogens with zero attached hydrogens (tertiary/aromatic N) is 1. The number of halogens is 3. The number of nitrogens with two attached hydrogens (primary N) is 1. The number of carbonyl (C=O) groups excluding carboxylic acids is 1. The van der Waals surface area contributed by atoms with Crippen molar-refractivity contribution in [1.29, 1.82) is 0 Å². The maximum Gasteiger partial charge on any atom is 0.320 e. The summed E-state index contributed by atoms with van der Waals surface area (Å²) in [7, 11) is -4.01. The Bertz CT molecular complexity index is 1460. The molecule has 0 aliphatic carbocycles. The molecule has 0 radical (unpaired) electrons. The Labute approximate surface area is 224 Å². The van der Waals surface area contributed by atoms with Crippen LogP contribution in [0.1, 0.15) is 28.4 Å². The third-order valence-corrected chi connectivity index (χ3v) is 7.96. The van der Waals surface area contributed by atoms with Crippen molar-refractivity contribution in [1.82, 2.24) is 4.31 Å². The van der Waals surface area contributed by atoms with Gasteiger partial charge in [-0.15, -0.1) is 12.4 Å². The monoisotopic (exact) mass is 566 g/mol. The fourth-order valence-electron chi connectivity index (χ4n) is 4.14. The summed E-state index contributed by atoms with van der Waals surface area (Å²) in [5.41, 5.74) is 5.12. The van der Waals surface area contributed by atoms with E-state index in [2.05, 4.69) is 0 Å². The zero-order valence-corrected chi connectivity index (χ0v) is 21.8. The quantitative estimate of drug-likeness (QED) is 0.379. The number of ether oxygens (including phenoxy) is 1. The third-order valence-electron chi connectivity index (χ3n) is 6.17. The summed E-state index contributed by atoms with van der Waals surface area (Å²) in [4.78, 5) is 22.8. The smallest absolute Gasteiger partial charge is 0.320 e. The molecule has 1 atom stereocenters. The average Bonchev–Trinajstić information content (AvgIpc) is 2.82. The topological polar surface area (TPSA) is 127 Å². The first kappa shape index (κ1) is 29.2. The predicted octanol–water partition coefficient (Wildman–Crippen LogP) is 3.52. The van der Waals surface area contributed by atoms with E-state index >= 15 is 0 Å². The molecule has 0 saturated carbocycles. The van der Waals surface area contributed by atoms with Crippen LogP contribution < -0.4 is 10.5 Å². The van der Waals surface area contributed by atoms with E-state index in [1.807, 2.05) is 0 Å². The lowest BCUT2D eigenvalue weighted by Gasteiger charge is -2.49. The van der Waals surface area contributed by atoms with Gasteiger partial charge in [0.25, 0.3) is 0 Å². The zero-order valence-electron chi connectivity index (χ0n) is 20.1. The first-order chi connectivity index (χ1) is 17.4. The Morgan fingerprint density at radius 1 is 1.08 bits per heavy atom. The van der Waals surface area contributed by atoms with Gasteiger partial charge in [0.05, 0.1) is 23.5 Å². The molecule has 8 nitrogen and oxygen atoms in total. The van der Waals surface area contributed by atoms with Crippen molar-refractivity contribution in [3.05, 3.63) is 95.1 Å². The molecule has 1 fully saturated rings. The Balaban J connectivity index is 0.00000400. The number of carbonyl (C=O) groups is 2. The second-order valence-electron chi connectivity index (χ2n) is 8.87. The molecule has 1 unspecified atom stereocenters. The molecular weight excluding hydrogens is 542 g/mol. The van der Waals surface area contributed by atoms with E-state index in [4.69, 9.17) is 15.6 Å². The van der Waals surface area contributed by atoms with Crippen LogP contribution in [0.3, 0.4) is 0 Å². The Hall–Kier alpha value is -3.38. The molecule has 4 rings (SSSR count). The number of rotatable bonds is 9. The Morgan fingerprint density at radius 2 is 1.74 bits per heavy atom. The molecule has 1 aliphatic heterocycles. The van der Waals surface area contributed by atoms with Gasteiger partial charge in [-0.3, -0.25) is 9.59 Å². The maximum atomic E-state index is 14.0. The number of carboxylic acids is 1. The summed E-state index contributed by atoms with van der Waals surface area (Å²) in [6.45, 7) is 0.923. The lowest BCUT2D eigenvalue weighted by molar-refractivity contribution is -0.138. The number of carboxylic acid groups (broad SMARTS) is 1. The van der Waals surface area contributed by atoms with Crippen LogP contribution in [-0.2, 0) is 26.8 Å². The minimum Gasteiger partial charge on any atom is -0.480 e. The van der Waals surface area contributed by atoms with Crippen LogP contribution in [0.2, 0.25) is 0 Å². The van der Waals surface area contributed by atoms with Gasteiger partial charge in [-0.2, -0.15) is 4.31 Å². The minimum atomic E-state index is -4.01. The number of sulfonamides is 1. The highest BCUT2D eigenvalue weighted by Gasteiger charge is 2.52. The first-order valence-electron chi connectivity index (χ1n) is 11.2. The minimum absolute atomic E-state index is 0.